The zero-order valence-electron chi connectivity index (χ0n) is 20.0. The van der Waals surface area contributed by atoms with Gasteiger partial charge in [-0.3, -0.25) is 9.10 Å². The van der Waals surface area contributed by atoms with Gasteiger partial charge in [0.05, 0.1) is 16.6 Å². The van der Waals surface area contributed by atoms with Gasteiger partial charge in [0, 0.05) is 12.6 Å². The number of nitrogens with one attached hydrogen (secondary N) is 1. The van der Waals surface area contributed by atoms with E-state index in [1.807, 2.05) is 68.4 Å². The Morgan fingerprint density at radius 2 is 1.23 bits per heavy atom. The van der Waals surface area contributed by atoms with E-state index in [9.17, 15) is 13.2 Å². The minimum Gasteiger partial charge on any atom is -0.341 e. The van der Waals surface area contributed by atoms with E-state index in [2.05, 4.69) is 5.32 Å². The van der Waals surface area contributed by atoms with Crippen LogP contribution in [0.25, 0.3) is 0 Å². The molecule has 178 valence electrons. The molecule has 0 fully saturated rings. The van der Waals surface area contributed by atoms with Crippen molar-refractivity contribution in [1.82, 2.24) is 5.32 Å². The summed E-state index contributed by atoms with van der Waals surface area (Å²) in [5.74, 6) is -0.241. The molecule has 4 rings (SSSR count). The first-order chi connectivity index (χ1) is 16.8. The number of anilines is 1. The summed E-state index contributed by atoms with van der Waals surface area (Å²) in [6.45, 7) is 3.93. The number of benzene rings is 4. The number of carbonyl (C=O) groups is 1. The zero-order valence-corrected chi connectivity index (χ0v) is 20.8. The van der Waals surface area contributed by atoms with Crippen molar-refractivity contribution in [3.05, 3.63) is 131 Å². The standard InChI is InChI=1S/C29H28N2O3S/c1-21-9-13-24(14-10-21)28(23-7-5-4-6-8-23)30-29(32)25-15-17-26(18-16-25)31(3)35(33,34)27-19-11-22(2)12-20-27/h4-20,28H,1-3H3,(H,30,32). The first-order valence-electron chi connectivity index (χ1n) is 11.3. The zero-order chi connectivity index (χ0) is 25.0. The third kappa shape index (κ3) is 5.44. The Kier molecular flexibility index (Phi) is 7.03. The topological polar surface area (TPSA) is 66.5 Å². The minimum absolute atomic E-state index is 0.219. The number of hydrogen-bond donors (Lipinski definition) is 1. The highest BCUT2D eigenvalue weighted by Crippen LogP contribution is 2.25. The lowest BCUT2D eigenvalue weighted by Crippen LogP contribution is -2.29. The summed E-state index contributed by atoms with van der Waals surface area (Å²) < 4.78 is 27.2. The van der Waals surface area contributed by atoms with Crippen LogP contribution in [0.4, 0.5) is 5.69 Å². The Morgan fingerprint density at radius 3 is 1.80 bits per heavy atom. The fourth-order valence-corrected chi connectivity index (χ4v) is 5.00. The molecule has 0 saturated heterocycles. The highest BCUT2D eigenvalue weighted by molar-refractivity contribution is 7.92. The minimum atomic E-state index is -3.70. The maximum Gasteiger partial charge on any atom is 0.264 e. The molecule has 0 spiro atoms. The van der Waals surface area contributed by atoms with Crippen molar-refractivity contribution < 1.29 is 13.2 Å². The van der Waals surface area contributed by atoms with Crippen LogP contribution in [0.1, 0.15) is 38.7 Å². The molecule has 0 bridgehead atoms. The van der Waals surface area contributed by atoms with E-state index >= 15 is 0 Å². The second-order valence-corrected chi connectivity index (χ2v) is 10.5. The van der Waals surface area contributed by atoms with Crippen molar-refractivity contribution in [2.24, 2.45) is 0 Å². The highest BCUT2D eigenvalue weighted by Gasteiger charge is 2.22. The number of hydrogen-bond acceptors (Lipinski definition) is 3. The Morgan fingerprint density at radius 1 is 0.714 bits per heavy atom. The number of nitrogens with zero attached hydrogens (tertiary/aromatic N) is 1. The van der Waals surface area contributed by atoms with E-state index in [0.717, 1.165) is 22.3 Å². The van der Waals surface area contributed by atoms with Crippen LogP contribution in [0.15, 0.2) is 108 Å². The van der Waals surface area contributed by atoms with Crippen LogP contribution in [0.3, 0.4) is 0 Å². The molecule has 0 aromatic heterocycles. The lowest BCUT2D eigenvalue weighted by atomic mass is 9.97. The number of carbonyl (C=O) groups excluding carboxylic acids is 1. The molecule has 1 N–H and O–H groups in total. The van der Waals surface area contributed by atoms with Gasteiger partial charge in [-0.15, -0.1) is 0 Å². The summed E-state index contributed by atoms with van der Waals surface area (Å²) in [4.78, 5) is 13.4. The van der Waals surface area contributed by atoms with E-state index in [1.54, 1.807) is 48.5 Å². The summed E-state index contributed by atoms with van der Waals surface area (Å²) in [5.41, 5.74) is 5.01. The molecule has 0 aliphatic rings. The molecular formula is C29H28N2O3S. The summed E-state index contributed by atoms with van der Waals surface area (Å²) in [6.07, 6.45) is 0. The van der Waals surface area contributed by atoms with Gasteiger partial charge in [-0.05, 0) is 61.4 Å². The Labute approximate surface area is 207 Å². The summed E-state index contributed by atoms with van der Waals surface area (Å²) in [6, 6.07) is 30.9. The smallest absolute Gasteiger partial charge is 0.264 e. The SMILES string of the molecule is Cc1ccc(C(NC(=O)c2ccc(N(C)S(=O)(=O)c3ccc(C)cc3)cc2)c2ccccc2)cc1. The van der Waals surface area contributed by atoms with Crippen LogP contribution in [-0.2, 0) is 10.0 Å². The van der Waals surface area contributed by atoms with Crippen molar-refractivity contribution in [2.75, 3.05) is 11.4 Å². The van der Waals surface area contributed by atoms with Crippen molar-refractivity contribution in [1.29, 1.82) is 0 Å². The molecule has 1 atom stereocenters. The monoisotopic (exact) mass is 484 g/mol. The third-order valence-corrected chi connectivity index (χ3v) is 7.79. The molecule has 6 heteroatoms. The van der Waals surface area contributed by atoms with Gasteiger partial charge < -0.3 is 5.32 Å². The molecule has 4 aromatic carbocycles. The van der Waals surface area contributed by atoms with E-state index in [0.29, 0.717) is 11.3 Å². The van der Waals surface area contributed by atoms with Crippen LogP contribution in [-0.4, -0.2) is 21.4 Å². The fourth-order valence-electron chi connectivity index (χ4n) is 3.81. The number of rotatable bonds is 7. The first-order valence-corrected chi connectivity index (χ1v) is 12.8. The van der Waals surface area contributed by atoms with Crippen LogP contribution >= 0.6 is 0 Å². The molecule has 0 aliphatic carbocycles. The van der Waals surface area contributed by atoms with Gasteiger partial charge >= 0.3 is 0 Å². The van der Waals surface area contributed by atoms with E-state index in [1.165, 1.54) is 11.4 Å². The predicted molar refractivity (Wildman–Crippen MR) is 140 cm³/mol. The van der Waals surface area contributed by atoms with Crippen molar-refractivity contribution >= 4 is 21.6 Å². The van der Waals surface area contributed by atoms with Crippen LogP contribution in [0.5, 0.6) is 0 Å². The second-order valence-electron chi connectivity index (χ2n) is 8.56. The molecular weight excluding hydrogens is 456 g/mol. The molecule has 4 aromatic rings. The average molecular weight is 485 g/mol. The highest BCUT2D eigenvalue weighted by atomic mass is 32.2. The van der Waals surface area contributed by atoms with Crippen LogP contribution in [0, 0.1) is 13.8 Å². The van der Waals surface area contributed by atoms with Gasteiger partial charge in [-0.2, -0.15) is 0 Å². The largest absolute Gasteiger partial charge is 0.341 e. The molecule has 0 saturated carbocycles. The van der Waals surface area contributed by atoms with Gasteiger partial charge in [0.25, 0.3) is 15.9 Å². The molecule has 5 nitrogen and oxygen atoms in total. The van der Waals surface area contributed by atoms with E-state index < -0.39 is 10.0 Å². The van der Waals surface area contributed by atoms with E-state index in [4.69, 9.17) is 0 Å². The summed E-state index contributed by atoms with van der Waals surface area (Å²) >= 11 is 0. The lowest BCUT2D eigenvalue weighted by Gasteiger charge is -2.21. The average Bonchev–Trinajstić information content (AvgIpc) is 2.88. The molecule has 0 heterocycles. The first kappa shape index (κ1) is 24.2. The van der Waals surface area contributed by atoms with Crippen molar-refractivity contribution in [3.63, 3.8) is 0 Å². The maximum absolute atomic E-state index is 13.2. The fraction of sp³-hybridized carbons (Fsp3) is 0.138. The number of amides is 1. The van der Waals surface area contributed by atoms with Gasteiger partial charge in [0.1, 0.15) is 0 Å². The van der Waals surface area contributed by atoms with Gasteiger partial charge in [-0.1, -0.05) is 77.9 Å². The second kappa shape index (κ2) is 10.2. The lowest BCUT2D eigenvalue weighted by molar-refractivity contribution is 0.0943. The normalized spacial score (nSPS) is 12.1. The number of sulfonamides is 1. The van der Waals surface area contributed by atoms with Gasteiger partial charge in [0.15, 0.2) is 0 Å². The Bertz CT molecular complexity index is 1400. The summed E-state index contributed by atoms with van der Waals surface area (Å²) in [7, 11) is -2.20. The quantitative estimate of drug-likeness (QED) is 0.369. The molecule has 35 heavy (non-hydrogen) atoms. The van der Waals surface area contributed by atoms with Gasteiger partial charge in [-0.25, -0.2) is 8.42 Å². The van der Waals surface area contributed by atoms with E-state index in [-0.39, 0.29) is 16.8 Å². The predicted octanol–water partition coefficient (Wildman–Crippen LogP) is 5.65. The van der Waals surface area contributed by atoms with Gasteiger partial charge in [0.2, 0.25) is 0 Å². The summed E-state index contributed by atoms with van der Waals surface area (Å²) in [5, 5.41) is 3.12. The molecule has 1 unspecified atom stereocenters. The molecule has 1 amide bonds. The molecule has 0 aliphatic heterocycles. The molecule has 0 radical (unpaired) electrons. The maximum atomic E-state index is 13.2. The van der Waals surface area contributed by atoms with Crippen LogP contribution < -0.4 is 9.62 Å². The number of aryl methyl sites for hydroxylation is 2. The Balaban J connectivity index is 1.55. The van der Waals surface area contributed by atoms with Crippen molar-refractivity contribution in [2.45, 2.75) is 24.8 Å². The van der Waals surface area contributed by atoms with Crippen molar-refractivity contribution in [3.8, 4) is 0 Å². The van der Waals surface area contributed by atoms with Crippen LogP contribution in [0.2, 0.25) is 0 Å². The Hall–Kier alpha value is -3.90. The third-order valence-electron chi connectivity index (χ3n) is 5.99.